The number of hydrogen-bond acceptors (Lipinski definition) is 3. The first-order valence-corrected chi connectivity index (χ1v) is 5.52. The average molecular weight is 248 g/mol. The van der Waals surface area contributed by atoms with Crippen LogP contribution in [0.25, 0.3) is 0 Å². The number of phenols is 1. The van der Waals surface area contributed by atoms with Gasteiger partial charge in [0.2, 0.25) is 0 Å². The average Bonchev–Trinajstić information content (AvgIpc) is 2.82. The maximum atomic E-state index is 9.54. The van der Waals surface area contributed by atoms with E-state index in [1.807, 2.05) is 18.2 Å². The van der Waals surface area contributed by atoms with Crippen LogP contribution in [0.3, 0.4) is 0 Å². The Morgan fingerprint density at radius 2 is 2.06 bits per heavy atom. The molecule has 17 heavy (non-hydrogen) atoms. The zero-order valence-corrected chi connectivity index (χ0v) is 9.83. The molecule has 1 aromatic heterocycles. The Morgan fingerprint density at radius 3 is 2.76 bits per heavy atom. The molecule has 0 fully saturated rings. The van der Waals surface area contributed by atoms with E-state index in [1.54, 1.807) is 24.5 Å². The minimum atomic E-state index is 0.162. The Morgan fingerprint density at radius 1 is 1.24 bits per heavy atom. The van der Waals surface area contributed by atoms with E-state index in [1.165, 1.54) is 0 Å². The van der Waals surface area contributed by atoms with E-state index in [-0.39, 0.29) is 5.75 Å². The third-order valence-corrected chi connectivity index (χ3v) is 2.40. The van der Waals surface area contributed by atoms with Crippen molar-refractivity contribution in [1.29, 1.82) is 0 Å². The molecule has 4 nitrogen and oxygen atoms in total. The van der Waals surface area contributed by atoms with E-state index in [4.69, 9.17) is 16.6 Å². The molecule has 0 amide bonds. The Bertz CT molecular complexity index is 497. The molecular formula is C12H12N2O2S. The molecule has 1 aromatic carbocycles. The molecule has 0 spiro atoms. The lowest BCUT2D eigenvalue weighted by molar-refractivity contribution is 0.478. The van der Waals surface area contributed by atoms with Crippen LogP contribution in [0.2, 0.25) is 0 Å². The quantitative estimate of drug-likeness (QED) is 0.575. The third kappa shape index (κ3) is 3.22. The van der Waals surface area contributed by atoms with Crippen molar-refractivity contribution in [1.82, 2.24) is 5.32 Å². The van der Waals surface area contributed by atoms with Crippen molar-refractivity contribution >= 4 is 23.0 Å². The lowest BCUT2D eigenvalue weighted by Gasteiger charge is -2.10. The molecule has 0 saturated heterocycles. The van der Waals surface area contributed by atoms with Gasteiger partial charge in [-0.1, -0.05) is 12.1 Å². The highest BCUT2D eigenvalue weighted by Gasteiger charge is 2.02. The van der Waals surface area contributed by atoms with Crippen LogP contribution in [-0.4, -0.2) is 10.2 Å². The van der Waals surface area contributed by atoms with Gasteiger partial charge < -0.3 is 20.2 Å². The molecule has 3 N–H and O–H groups in total. The smallest absolute Gasteiger partial charge is 0.171 e. The van der Waals surface area contributed by atoms with Crippen molar-refractivity contribution in [2.24, 2.45) is 0 Å². The summed E-state index contributed by atoms with van der Waals surface area (Å²) in [6.07, 6.45) is 1.61. The van der Waals surface area contributed by atoms with Gasteiger partial charge in [-0.05, 0) is 36.5 Å². The fourth-order valence-electron chi connectivity index (χ4n) is 1.33. The van der Waals surface area contributed by atoms with Gasteiger partial charge in [-0.25, -0.2) is 0 Å². The van der Waals surface area contributed by atoms with Gasteiger partial charge in [0, 0.05) is 0 Å². The van der Waals surface area contributed by atoms with Crippen LogP contribution in [0.5, 0.6) is 5.75 Å². The van der Waals surface area contributed by atoms with Crippen LogP contribution in [-0.2, 0) is 6.54 Å². The molecule has 0 atom stereocenters. The highest BCUT2D eigenvalue weighted by atomic mass is 32.1. The molecule has 0 aliphatic rings. The van der Waals surface area contributed by atoms with Crippen LogP contribution in [0, 0.1) is 0 Å². The van der Waals surface area contributed by atoms with Crippen molar-refractivity contribution in [3.05, 3.63) is 48.4 Å². The summed E-state index contributed by atoms with van der Waals surface area (Å²) >= 11 is 5.09. The molecule has 0 aliphatic carbocycles. The monoisotopic (exact) mass is 248 g/mol. The molecule has 1 heterocycles. The van der Waals surface area contributed by atoms with Crippen LogP contribution >= 0.6 is 12.2 Å². The number of aromatic hydroxyl groups is 1. The number of hydrogen-bond donors (Lipinski definition) is 3. The lowest BCUT2D eigenvalue weighted by Crippen LogP contribution is -2.27. The first kappa shape index (κ1) is 11.5. The Kier molecular flexibility index (Phi) is 3.62. The summed E-state index contributed by atoms with van der Waals surface area (Å²) in [4.78, 5) is 0. The van der Waals surface area contributed by atoms with Crippen molar-refractivity contribution in [2.45, 2.75) is 6.54 Å². The molecule has 0 radical (unpaired) electrons. The summed E-state index contributed by atoms with van der Waals surface area (Å²) in [5, 5.41) is 15.9. The van der Waals surface area contributed by atoms with Gasteiger partial charge in [0.15, 0.2) is 5.11 Å². The van der Waals surface area contributed by atoms with E-state index in [9.17, 15) is 5.11 Å². The molecule has 0 aliphatic heterocycles. The minimum absolute atomic E-state index is 0.162. The van der Waals surface area contributed by atoms with Crippen molar-refractivity contribution < 1.29 is 9.52 Å². The van der Waals surface area contributed by atoms with Crippen LogP contribution in [0.15, 0.2) is 47.1 Å². The van der Waals surface area contributed by atoms with Gasteiger partial charge in [-0.3, -0.25) is 0 Å². The van der Waals surface area contributed by atoms with Crippen LogP contribution < -0.4 is 10.6 Å². The van der Waals surface area contributed by atoms with Gasteiger partial charge in [-0.15, -0.1) is 0 Å². The first-order valence-electron chi connectivity index (χ1n) is 5.11. The lowest BCUT2D eigenvalue weighted by atomic mass is 10.3. The number of benzene rings is 1. The van der Waals surface area contributed by atoms with Crippen LogP contribution in [0.4, 0.5) is 5.69 Å². The Balaban J connectivity index is 1.87. The van der Waals surface area contributed by atoms with Crippen molar-refractivity contribution in [2.75, 3.05) is 5.32 Å². The summed E-state index contributed by atoms with van der Waals surface area (Å²) < 4.78 is 5.16. The summed E-state index contributed by atoms with van der Waals surface area (Å²) in [7, 11) is 0. The standard InChI is InChI=1S/C12H12N2O2S/c15-11-6-2-1-5-10(11)14-12(17)13-8-9-4-3-7-16-9/h1-7,15H,8H2,(H2,13,14,17). The number of nitrogens with one attached hydrogen (secondary N) is 2. The zero-order chi connectivity index (χ0) is 12.1. The normalized spacial score (nSPS) is 9.88. The van der Waals surface area contributed by atoms with Crippen molar-refractivity contribution in [3.8, 4) is 5.75 Å². The molecule has 88 valence electrons. The van der Waals surface area contributed by atoms with Gasteiger partial charge in [0.25, 0.3) is 0 Å². The second kappa shape index (κ2) is 5.36. The maximum absolute atomic E-state index is 9.54. The van der Waals surface area contributed by atoms with E-state index in [0.29, 0.717) is 17.3 Å². The van der Waals surface area contributed by atoms with Crippen molar-refractivity contribution in [3.63, 3.8) is 0 Å². The van der Waals surface area contributed by atoms with E-state index in [2.05, 4.69) is 10.6 Å². The predicted molar refractivity (Wildman–Crippen MR) is 69.9 cm³/mol. The zero-order valence-electron chi connectivity index (χ0n) is 9.01. The number of phenolic OH excluding ortho intramolecular Hbond substituents is 1. The summed E-state index contributed by atoms with van der Waals surface area (Å²) in [6.45, 7) is 0.506. The topological polar surface area (TPSA) is 57.4 Å². The number of furan rings is 1. The molecule has 5 heteroatoms. The molecule has 0 unspecified atom stereocenters. The van der Waals surface area contributed by atoms with Gasteiger partial charge >= 0.3 is 0 Å². The highest BCUT2D eigenvalue weighted by molar-refractivity contribution is 7.80. The van der Waals surface area contributed by atoms with Gasteiger partial charge in [0.1, 0.15) is 11.5 Å². The number of thiocarbonyl (C=S) groups is 1. The number of anilines is 1. The second-order valence-electron chi connectivity index (χ2n) is 3.40. The van der Waals surface area contributed by atoms with E-state index >= 15 is 0 Å². The Labute approximate surface area is 104 Å². The van der Waals surface area contributed by atoms with E-state index in [0.717, 1.165) is 5.76 Å². The maximum Gasteiger partial charge on any atom is 0.171 e. The number of rotatable bonds is 3. The Hall–Kier alpha value is -2.01. The largest absolute Gasteiger partial charge is 0.506 e. The molecular weight excluding hydrogens is 236 g/mol. The molecule has 0 saturated carbocycles. The minimum Gasteiger partial charge on any atom is -0.506 e. The number of para-hydroxylation sites is 2. The predicted octanol–water partition coefficient (Wildman–Crippen LogP) is 2.47. The van der Waals surface area contributed by atoms with Gasteiger partial charge in [-0.2, -0.15) is 0 Å². The van der Waals surface area contributed by atoms with Crippen LogP contribution in [0.1, 0.15) is 5.76 Å². The SMILES string of the molecule is Oc1ccccc1NC(=S)NCc1ccco1. The van der Waals surface area contributed by atoms with Gasteiger partial charge in [0.05, 0.1) is 18.5 Å². The molecule has 2 aromatic rings. The summed E-state index contributed by atoms with van der Waals surface area (Å²) in [6, 6.07) is 10.6. The summed E-state index contributed by atoms with van der Waals surface area (Å²) in [5.74, 6) is 0.959. The highest BCUT2D eigenvalue weighted by Crippen LogP contribution is 2.21. The third-order valence-electron chi connectivity index (χ3n) is 2.16. The second-order valence-corrected chi connectivity index (χ2v) is 3.81. The molecule has 2 rings (SSSR count). The van der Waals surface area contributed by atoms with E-state index < -0.39 is 0 Å². The fraction of sp³-hybridized carbons (Fsp3) is 0.0833. The fourth-order valence-corrected chi connectivity index (χ4v) is 1.51. The molecule has 0 bridgehead atoms. The first-order chi connectivity index (χ1) is 8.25. The summed E-state index contributed by atoms with van der Waals surface area (Å²) in [5.41, 5.74) is 0.574.